The zero-order chi connectivity index (χ0) is 15.5. The highest BCUT2D eigenvalue weighted by molar-refractivity contribution is 7.10. The number of hydrogen-bond donors (Lipinski definition) is 3. The molecule has 7 heteroatoms. The molecule has 1 unspecified atom stereocenters. The summed E-state index contributed by atoms with van der Waals surface area (Å²) in [7, 11) is 1.60. The number of guanidine groups is 1. The predicted molar refractivity (Wildman–Crippen MR) is 86.7 cm³/mol. The topological polar surface area (TPSA) is 74.8 Å². The maximum atomic E-state index is 11.6. The van der Waals surface area contributed by atoms with Gasteiger partial charge in [0.25, 0.3) is 0 Å². The van der Waals surface area contributed by atoms with E-state index < -0.39 is 0 Å². The van der Waals surface area contributed by atoms with E-state index in [4.69, 9.17) is 4.74 Å². The van der Waals surface area contributed by atoms with Crippen molar-refractivity contribution in [2.45, 2.75) is 19.9 Å². The third-order valence-corrected chi connectivity index (χ3v) is 3.73. The Balaban J connectivity index is 2.47. The minimum atomic E-state index is -0.118. The van der Waals surface area contributed by atoms with Gasteiger partial charge in [-0.25, -0.2) is 4.99 Å². The minimum absolute atomic E-state index is 0.0935. The van der Waals surface area contributed by atoms with Gasteiger partial charge in [-0.2, -0.15) is 0 Å². The number of thiophene rings is 1. The lowest BCUT2D eigenvalue weighted by Crippen LogP contribution is -2.39. The fraction of sp³-hybridized carbons (Fsp3) is 0.571. The van der Waals surface area contributed by atoms with Gasteiger partial charge in [0.1, 0.15) is 6.54 Å². The molecule has 1 amide bonds. The number of methoxy groups -OCH3 is 1. The molecule has 1 aromatic rings. The average molecular weight is 312 g/mol. The first-order valence-corrected chi connectivity index (χ1v) is 7.89. The van der Waals surface area contributed by atoms with E-state index in [0.29, 0.717) is 19.1 Å². The summed E-state index contributed by atoms with van der Waals surface area (Å²) < 4.78 is 4.88. The Morgan fingerprint density at radius 1 is 1.48 bits per heavy atom. The van der Waals surface area contributed by atoms with Gasteiger partial charge in [0.05, 0.1) is 12.6 Å². The first-order chi connectivity index (χ1) is 10.2. The van der Waals surface area contributed by atoms with Gasteiger partial charge in [0.15, 0.2) is 5.96 Å². The SMILES string of the molecule is CCNC(=NCC(=O)NCCOC)NC(C)c1cccs1. The van der Waals surface area contributed by atoms with Gasteiger partial charge >= 0.3 is 0 Å². The molecular weight excluding hydrogens is 288 g/mol. The number of carbonyl (C=O) groups excluding carboxylic acids is 1. The first-order valence-electron chi connectivity index (χ1n) is 7.01. The Bertz CT molecular complexity index is 434. The molecule has 21 heavy (non-hydrogen) atoms. The number of carbonyl (C=O) groups is 1. The molecule has 0 fully saturated rings. The third kappa shape index (κ3) is 7.10. The van der Waals surface area contributed by atoms with Crippen molar-refractivity contribution in [2.75, 3.05) is 33.4 Å². The highest BCUT2D eigenvalue weighted by atomic mass is 32.1. The van der Waals surface area contributed by atoms with E-state index in [1.807, 2.05) is 18.4 Å². The molecule has 1 rings (SSSR count). The minimum Gasteiger partial charge on any atom is -0.383 e. The molecule has 0 saturated heterocycles. The van der Waals surface area contributed by atoms with Gasteiger partial charge < -0.3 is 20.7 Å². The second-order valence-corrected chi connectivity index (χ2v) is 5.40. The second kappa shape index (κ2) is 10.2. The molecule has 0 spiro atoms. The zero-order valence-corrected chi connectivity index (χ0v) is 13.6. The van der Waals surface area contributed by atoms with Gasteiger partial charge in [0.2, 0.25) is 5.91 Å². The van der Waals surface area contributed by atoms with Gasteiger partial charge in [0, 0.05) is 25.1 Å². The monoisotopic (exact) mass is 312 g/mol. The molecule has 0 saturated carbocycles. The zero-order valence-electron chi connectivity index (χ0n) is 12.8. The maximum Gasteiger partial charge on any atom is 0.241 e. The molecule has 118 valence electrons. The van der Waals surface area contributed by atoms with Crippen LogP contribution in [0.15, 0.2) is 22.5 Å². The van der Waals surface area contributed by atoms with Crippen LogP contribution in [0.3, 0.4) is 0 Å². The van der Waals surface area contributed by atoms with Crippen LogP contribution >= 0.6 is 11.3 Å². The molecule has 6 nitrogen and oxygen atoms in total. The van der Waals surface area contributed by atoms with Crippen molar-refractivity contribution < 1.29 is 9.53 Å². The quantitative estimate of drug-likeness (QED) is 0.382. The summed E-state index contributed by atoms with van der Waals surface area (Å²) in [4.78, 5) is 17.1. The van der Waals surface area contributed by atoms with E-state index in [0.717, 1.165) is 6.54 Å². The van der Waals surface area contributed by atoms with E-state index in [2.05, 4.69) is 33.9 Å². The number of ether oxygens (including phenoxy) is 1. The summed E-state index contributed by atoms with van der Waals surface area (Å²) in [5.74, 6) is 0.522. The molecule has 3 N–H and O–H groups in total. The van der Waals surface area contributed by atoms with Crippen LogP contribution in [-0.2, 0) is 9.53 Å². The number of rotatable bonds is 8. The Kier molecular flexibility index (Phi) is 8.45. The summed E-state index contributed by atoms with van der Waals surface area (Å²) in [5.41, 5.74) is 0. The molecular formula is C14H24N4O2S. The average Bonchev–Trinajstić information content (AvgIpc) is 2.99. The number of nitrogens with zero attached hydrogens (tertiary/aromatic N) is 1. The van der Waals surface area contributed by atoms with Crippen molar-refractivity contribution in [1.82, 2.24) is 16.0 Å². The Labute approximate surface area is 130 Å². The van der Waals surface area contributed by atoms with Gasteiger partial charge in [-0.1, -0.05) is 6.07 Å². The second-order valence-electron chi connectivity index (χ2n) is 4.42. The fourth-order valence-corrected chi connectivity index (χ4v) is 2.37. The van der Waals surface area contributed by atoms with Gasteiger partial charge in [-0.3, -0.25) is 4.79 Å². The summed E-state index contributed by atoms with van der Waals surface area (Å²) in [6.07, 6.45) is 0. The molecule has 1 heterocycles. The van der Waals surface area contributed by atoms with E-state index in [-0.39, 0.29) is 18.5 Å². The van der Waals surface area contributed by atoms with Crippen molar-refractivity contribution in [3.63, 3.8) is 0 Å². The molecule has 0 aliphatic rings. The Morgan fingerprint density at radius 3 is 2.90 bits per heavy atom. The number of hydrogen-bond acceptors (Lipinski definition) is 4. The molecule has 0 bridgehead atoms. The normalized spacial score (nSPS) is 12.8. The van der Waals surface area contributed by atoms with Gasteiger partial charge in [-0.05, 0) is 25.3 Å². The first kappa shape index (κ1) is 17.5. The molecule has 0 radical (unpaired) electrons. The summed E-state index contributed by atoms with van der Waals surface area (Å²) >= 11 is 1.69. The Morgan fingerprint density at radius 2 is 2.29 bits per heavy atom. The van der Waals surface area contributed by atoms with Crippen molar-refractivity contribution >= 4 is 23.2 Å². The van der Waals surface area contributed by atoms with Crippen molar-refractivity contribution in [1.29, 1.82) is 0 Å². The van der Waals surface area contributed by atoms with Crippen LogP contribution < -0.4 is 16.0 Å². The van der Waals surface area contributed by atoms with Crippen LogP contribution in [0.25, 0.3) is 0 Å². The van der Waals surface area contributed by atoms with Crippen molar-refractivity contribution in [2.24, 2.45) is 4.99 Å². The molecule has 1 atom stereocenters. The lowest BCUT2D eigenvalue weighted by atomic mass is 10.3. The summed E-state index contributed by atoms with van der Waals surface area (Å²) in [6, 6.07) is 4.24. The smallest absolute Gasteiger partial charge is 0.241 e. The highest BCUT2D eigenvalue weighted by Gasteiger charge is 2.09. The van der Waals surface area contributed by atoms with E-state index in [1.54, 1.807) is 18.4 Å². The van der Waals surface area contributed by atoms with E-state index in [1.165, 1.54) is 4.88 Å². The lowest BCUT2D eigenvalue weighted by molar-refractivity contribution is -0.119. The number of nitrogens with one attached hydrogen (secondary N) is 3. The van der Waals surface area contributed by atoms with Crippen LogP contribution in [0.5, 0.6) is 0 Å². The van der Waals surface area contributed by atoms with Crippen LogP contribution in [0.1, 0.15) is 24.8 Å². The number of amides is 1. The highest BCUT2D eigenvalue weighted by Crippen LogP contribution is 2.17. The fourth-order valence-electron chi connectivity index (χ4n) is 1.63. The van der Waals surface area contributed by atoms with Gasteiger partial charge in [-0.15, -0.1) is 11.3 Å². The largest absolute Gasteiger partial charge is 0.383 e. The van der Waals surface area contributed by atoms with E-state index in [9.17, 15) is 4.79 Å². The van der Waals surface area contributed by atoms with Crippen LogP contribution in [0, 0.1) is 0 Å². The third-order valence-electron chi connectivity index (χ3n) is 2.68. The van der Waals surface area contributed by atoms with Crippen LogP contribution in [0.2, 0.25) is 0 Å². The molecule has 0 aromatic carbocycles. The standard InChI is InChI=1S/C14H24N4O2S/c1-4-15-14(17-10-13(19)16-7-8-20-3)18-11(2)12-6-5-9-21-12/h5-6,9,11H,4,7-8,10H2,1-3H3,(H,16,19)(H2,15,17,18). The number of aliphatic imine (C=N–C) groups is 1. The molecule has 1 aromatic heterocycles. The van der Waals surface area contributed by atoms with Crippen LogP contribution in [-0.4, -0.2) is 45.2 Å². The Hall–Kier alpha value is -1.60. The summed E-state index contributed by atoms with van der Waals surface area (Å²) in [6.45, 7) is 5.90. The predicted octanol–water partition coefficient (Wildman–Crippen LogP) is 1.13. The molecule has 0 aliphatic heterocycles. The van der Waals surface area contributed by atoms with Crippen molar-refractivity contribution in [3.05, 3.63) is 22.4 Å². The molecule has 0 aliphatic carbocycles. The summed E-state index contributed by atoms with van der Waals surface area (Å²) in [5, 5.41) is 11.2. The van der Waals surface area contributed by atoms with Crippen LogP contribution in [0.4, 0.5) is 0 Å². The maximum absolute atomic E-state index is 11.6. The van der Waals surface area contributed by atoms with E-state index >= 15 is 0 Å². The van der Waals surface area contributed by atoms with Crippen molar-refractivity contribution in [3.8, 4) is 0 Å². The lowest BCUT2D eigenvalue weighted by Gasteiger charge is -2.16.